The molecule has 142 valence electrons. The van der Waals surface area contributed by atoms with Gasteiger partial charge in [-0.25, -0.2) is 8.42 Å². The van der Waals surface area contributed by atoms with Crippen molar-refractivity contribution in [2.24, 2.45) is 0 Å². The van der Waals surface area contributed by atoms with Crippen molar-refractivity contribution in [1.82, 2.24) is 4.31 Å². The van der Waals surface area contributed by atoms with E-state index in [0.717, 1.165) is 28.0 Å². The second-order valence-electron chi connectivity index (χ2n) is 6.70. The number of rotatable bonds is 4. The van der Waals surface area contributed by atoms with Gasteiger partial charge in [0.05, 0.1) is 12.0 Å². The predicted molar refractivity (Wildman–Crippen MR) is 111 cm³/mol. The van der Waals surface area contributed by atoms with Gasteiger partial charge in [0.1, 0.15) is 5.75 Å². The molecule has 1 heterocycles. The minimum atomic E-state index is -3.54. The monoisotopic (exact) mass is 391 g/mol. The van der Waals surface area contributed by atoms with E-state index in [1.165, 1.54) is 0 Å². The quantitative estimate of drug-likeness (QED) is 0.661. The third kappa shape index (κ3) is 3.59. The number of methoxy groups -OCH3 is 1. The standard InChI is InChI=1S/C23H21NO3S/c1-27-21-13-11-18(12-14-21)15-20-17-24(16-19-7-3-2-4-8-19)28(25,26)23-10-6-5-9-22(20)23/h2-15H,16-17H2,1H3/b20-15+. The van der Waals surface area contributed by atoms with E-state index < -0.39 is 10.0 Å². The van der Waals surface area contributed by atoms with E-state index in [0.29, 0.717) is 18.0 Å². The molecule has 0 radical (unpaired) electrons. The van der Waals surface area contributed by atoms with Gasteiger partial charge in [0.2, 0.25) is 10.0 Å². The van der Waals surface area contributed by atoms with Crippen molar-refractivity contribution in [3.8, 4) is 5.75 Å². The fraction of sp³-hybridized carbons (Fsp3) is 0.130. The third-order valence-corrected chi connectivity index (χ3v) is 6.71. The molecule has 0 saturated heterocycles. The fourth-order valence-electron chi connectivity index (χ4n) is 3.41. The van der Waals surface area contributed by atoms with Crippen LogP contribution in [-0.4, -0.2) is 26.4 Å². The summed E-state index contributed by atoms with van der Waals surface area (Å²) in [6.45, 7) is 0.678. The Bertz CT molecular complexity index is 1100. The van der Waals surface area contributed by atoms with Gasteiger partial charge in [-0.3, -0.25) is 0 Å². The first-order chi connectivity index (χ1) is 13.6. The lowest BCUT2D eigenvalue weighted by atomic mass is 10.0. The Kier molecular flexibility index (Phi) is 5.03. The zero-order chi connectivity index (χ0) is 19.6. The minimum Gasteiger partial charge on any atom is -0.497 e. The molecule has 1 aliphatic heterocycles. The normalized spacial score (nSPS) is 17.2. The highest BCUT2D eigenvalue weighted by atomic mass is 32.2. The first-order valence-electron chi connectivity index (χ1n) is 9.06. The molecule has 28 heavy (non-hydrogen) atoms. The summed E-state index contributed by atoms with van der Waals surface area (Å²) in [6.07, 6.45) is 2.05. The van der Waals surface area contributed by atoms with Crippen molar-refractivity contribution in [3.63, 3.8) is 0 Å². The van der Waals surface area contributed by atoms with E-state index in [1.807, 2.05) is 72.8 Å². The molecule has 4 rings (SSSR count). The summed E-state index contributed by atoms with van der Waals surface area (Å²) in [5.41, 5.74) is 3.72. The van der Waals surface area contributed by atoms with Crippen molar-refractivity contribution in [2.75, 3.05) is 13.7 Å². The number of ether oxygens (including phenoxy) is 1. The van der Waals surface area contributed by atoms with Crippen molar-refractivity contribution in [3.05, 3.63) is 95.6 Å². The largest absolute Gasteiger partial charge is 0.497 e. The molecule has 0 atom stereocenters. The highest BCUT2D eigenvalue weighted by Crippen LogP contribution is 2.35. The van der Waals surface area contributed by atoms with Crippen LogP contribution < -0.4 is 4.74 Å². The molecule has 0 amide bonds. The molecule has 0 spiro atoms. The van der Waals surface area contributed by atoms with Crippen molar-refractivity contribution >= 4 is 21.7 Å². The van der Waals surface area contributed by atoms with Gasteiger partial charge in [-0.1, -0.05) is 60.7 Å². The molecule has 5 heteroatoms. The van der Waals surface area contributed by atoms with Crippen LogP contribution in [0, 0.1) is 0 Å². The molecule has 0 bridgehead atoms. The van der Waals surface area contributed by atoms with Crippen LogP contribution in [0.1, 0.15) is 16.7 Å². The molecule has 4 nitrogen and oxygen atoms in total. The van der Waals surface area contributed by atoms with Crippen molar-refractivity contribution < 1.29 is 13.2 Å². The Morgan fingerprint density at radius 1 is 0.929 bits per heavy atom. The number of fused-ring (bicyclic) bond motifs is 1. The lowest BCUT2D eigenvalue weighted by Crippen LogP contribution is -2.36. The second-order valence-corrected chi connectivity index (χ2v) is 8.60. The van der Waals surface area contributed by atoms with Gasteiger partial charge >= 0.3 is 0 Å². The Hall–Kier alpha value is -2.89. The highest BCUT2D eigenvalue weighted by molar-refractivity contribution is 7.89. The zero-order valence-electron chi connectivity index (χ0n) is 15.6. The molecule has 0 aliphatic carbocycles. The molecule has 0 N–H and O–H groups in total. The Morgan fingerprint density at radius 3 is 2.32 bits per heavy atom. The number of sulfonamides is 1. The van der Waals surface area contributed by atoms with Crippen LogP contribution in [0.2, 0.25) is 0 Å². The molecule has 3 aromatic carbocycles. The number of hydrogen-bond acceptors (Lipinski definition) is 3. The van der Waals surface area contributed by atoms with Crippen LogP contribution >= 0.6 is 0 Å². The van der Waals surface area contributed by atoms with Gasteiger partial charge in [-0.05, 0) is 46.5 Å². The maximum Gasteiger partial charge on any atom is 0.244 e. The van der Waals surface area contributed by atoms with Gasteiger partial charge < -0.3 is 4.74 Å². The van der Waals surface area contributed by atoms with E-state index in [4.69, 9.17) is 4.74 Å². The van der Waals surface area contributed by atoms with Crippen LogP contribution in [0.15, 0.2) is 83.8 Å². The van der Waals surface area contributed by atoms with Gasteiger partial charge in [0, 0.05) is 13.1 Å². The molecule has 0 aromatic heterocycles. The van der Waals surface area contributed by atoms with Gasteiger partial charge in [0.25, 0.3) is 0 Å². The summed E-state index contributed by atoms with van der Waals surface area (Å²) in [5.74, 6) is 0.791. The summed E-state index contributed by atoms with van der Waals surface area (Å²) >= 11 is 0. The highest BCUT2D eigenvalue weighted by Gasteiger charge is 2.33. The summed E-state index contributed by atoms with van der Waals surface area (Å²) in [7, 11) is -1.91. The molecular formula is C23H21NO3S. The maximum atomic E-state index is 13.2. The second kappa shape index (κ2) is 7.62. The molecule has 1 aliphatic rings. The fourth-order valence-corrected chi connectivity index (χ4v) is 5.04. The van der Waals surface area contributed by atoms with Crippen LogP contribution in [-0.2, 0) is 16.6 Å². The van der Waals surface area contributed by atoms with Crippen molar-refractivity contribution in [2.45, 2.75) is 11.4 Å². The summed E-state index contributed by atoms with van der Waals surface area (Å²) in [5, 5.41) is 0. The van der Waals surface area contributed by atoms with E-state index >= 15 is 0 Å². The topological polar surface area (TPSA) is 46.6 Å². The number of hydrogen-bond donors (Lipinski definition) is 0. The summed E-state index contributed by atoms with van der Waals surface area (Å²) in [4.78, 5) is 0.358. The molecular weight excluding hydrogens is 370 g/mol. The Balaban J connectivity index is 1.76. The first kappa shape index (κ1) is 18.5. The van der Waals surface area contributed by atoms with E-state index in [9.17, 15) is 8.42 Å². The summed E-state index contributed by atoms with van der Waals surface area (Å²) in [6, 6.07) is 24.6. The molecule has 0 unspecified atom stereocenters. The first-order valence-corrected chi connectivity index (χ1v) is 10.5. The van der Waals surface area contributed by atoms with Crippen LogP contribution in [0.25, 0.3) is 11.6 Å². The van der Waals surface area contributed by atoms with Gasteiger partial charge in [-0.2, -0.15) is 4.31 Å². The molecule has 0 fully saturated rings. The average molecular weight is 391 g/mol. The van der Waals surface area contributed by atoms with Crippen LogP contribution in [0.5, 0.6) is 5.75 Å². The predicted octanol–water partition coefficient (Wildman–Crippen LogP) is 4.44. The minimum absolute atomic E-state index is 0.334. The number of nitrogens with zero attached hydrogens (tertiary/aromatic N) is 1. The lowest BCUT2D eigenvalue weighted by molar-refractivity contribution is 0.415. The van der Waals surface area contributed by atoms with Gasteiger partial charge in [-0.15, -0.1) is 0 Å². The smallest absolute Gasteiger partial charge is 0.244 e. The zero-order valence-corrected chi connectivity index (χ0v) is 16.4. The Morgan fingerprint density at radius 2 is 1.61 bits per heavy atom. The molecule has 3 aromatic rings. The SMILES string of the molecule is COc1ccc(/C=C2\CN(Cc3ccccc3)S(=O)(=O)c3ccccc32)cc1. The third-order valence-electron chi connectivity index (χ3n) is 4.86. The maximum absolute atomic E-state index is 13.2. The van der Waals surface area contributed by atoms with E-state index in [1.54, 1.807) is 23.5 Å². The lowest BCUT2D eigenvalue weighted by Gasteiger charge is -2.30. The average Bonchev–Trinajstić information content (AvgIpc) is 2.73. The summed E-state index contributed by atoms with van der Waals surface area (Å²) < 4.78 is 33.1. The van der Waals surface area contributed by atoms with E-state index in [2.05, 4.69) is 0 Å². The van der Waals surface area contributed by atoms with Crippen LogP contribution in [0.4, 0.5) is 0 Å². The van der Waals surface area contributed by atoms with E-state index in [-0.39, 0.29) is 0 Å². The van der Waals surface area contributed by atoms with Crippen LogP contribution in [0.3, 0.4) is 0 Å². The van der Waals surface area contributed by atoms with Crippen molar-refractivity contribution in [1.29, 1.82) is 0 Å². The molecule has 0 saturated carbocycles. The number of benzene rings is 3. The Labute approximate surface area is 165 Å². The van der Waals surface area contributed by atoms with Gasteiger partial charge in [0.15, 0.2) is 0 Å².